The number of amides is 2. The third-order valence-corrected chi connectivity index (χ3v) is 3.54. The van der Waals surface area contributed by atoms with Crippen LogP contribution in [0.3, 0.4) is 0 Å². The van der Waals surface area contributed by atoms with E-state index in [1.807, 2.05) is 0 Å². The number of carbonyl (C=O) groups is 3. The van der Waals surface area contributed by atoms with Gasteiger partial charge in [-0.2, -0.15) is 0 Å². The predicted octanol–water partition coefficient (Wildman–Crippen LogP) is -0.227. The van der Waals surface area contributed by atoms with E-state index in [9.17, 15) is 14.4 Å². The minimum absolute atomic E-state index is 0.0252. The van der Waals surface area contributed by atoms with Gasteiger partial charge in [0, 0.05) is 19.5 Å². The number of carbonyl (C=O) groups excluding carboxylic acids is 3. The summed E-state index contributed by atoms with van der Waals surface area (Å²) in [5.41, 5.74) is 0. The van der Waals surface area contributed by atoms with Crippen LogP contribution in [0, 0.1) is 0 Å². The second kappa shape index (κ2) is 5.37. The highest BCUT2D eigenvalue weighted by molar-refractivity contribution is 5.89. The maximum Gasteiger partial charge on any atom is 0.328 e. The van der Waals surface area contributed by atoms with Crippen molar-refractivity contribution in [2.24, 2.45) is 0 Å². The quantitative estimate of drug-likeness (QED) is 0.653. The molecular formula is C12H18N2O4. The highest BCUT2D eigenvalue weighted by Gasteiger charge is 2.36. The zero-order valence-electron chi connectivity index (χ0n) is 10.6. The fourth-order valence-electron chi connectivity index (χ4n) is 2.57. The van der Waals surface area contributed by atoms with Crippen LogP contribution < -0.4 is 0 Å². The molecule has 0 radical (unpaired) electrons. The first-order valence-corrected chi connectivity index (χ1v) is 6.28. The molecule has 1 atom stereocenters. The Morgan fingerprint density at radius 1 is 1.33 bits per heavy atom. The number of hydrogen-bond acceptors (Lipinski definition) is 4. The molecule has 1 unspecified atom stereocenters. The second-order valence-corrected chi connectivity index (χ2v) is 4.69. The van der Waals surface area contributed by atoms with Crippen molar-refractivity contribution in [3.05, 3.63) is 0 Å². The van der Waals surface area contributed by atoms with Crippen LogP contribution >= 0.6 is 0 Å². The first kappa shape index (κ1) is 12.9. The number of likely N-dealkylation sites (tertiary alicyclic amines) is 2. The van der Waals surface area contributed by atoms with Crippen LogP contribution in [0.15, 0.2) is 0 Å². The molecule has 2 fully saturated rings. The summed E-state index contributed by atoms with van der Waals surface area (Å²) in [6.07, 6.45) is 2.78. The number of methoxy groups -OCH3 is 1. The van der Waals surface area contributed by atoms with Gasteiger partial charge in [0.1, 0.15) is 6.04 Å². The van der Waals surface area contributed by atoms with Gasteiger partial charge in [0.25, 0.3) is 0 Å². The largest absolute Gasteiger partial charge is 0.467 e. The van der Waals surface area contributed by atoms with Crippen molar-refractivity contribution >= 4 is 17.8 Å². The molecule has 2 aliphatic heterocycles. The molecule has 2 aliphatic rings. The topological polar surface area (TPSA) is 66.9 Å². The van der Waals surface area contributed by atoms with Crippen LogP contribution in [0.25, 0.3) is 0 Å². The number of hydrogen-bond donors (Lipinski definition) is 0. The van der Waals surface area contributed by atoms with E-state index in [2.05, 4.69) is 0 Å². The Kier molecular flexibility index (Phi) is 3.84. The van der Waals surface area contributed by atoms with Gasteiger partial charge in [-0.25, -0.2) is 4.79 Å². The summed E-state index contributed by atoms with van der Waals surface area (Å²) in [5, 5.41) is 0. The van der Waals surface area contributed by atoms with Crippen molar-refractivity contribution < 1.29 is 19.1 Å². The minimum atomic E-state index is -0.472. The van der Waals surface area contributed by atoms with Crippen LogP contribution in [0.5, 0.6) is 0 Å². The van der Waals surface area contributed by atoms with E-state index in [-0.39, 0.29) is 24.3 Å². The Hall–Kier alpha value is -1.59. The first-order chi connectivity index (χ1) is 8.63. The Labute approximate surface area is 106 Å². The predicted molar refractivity (Wildman–Crippen MR) is 62.6 cm³/mol. The van der Waals surface area contributed by atoms with E-state index in [1.165, 1.54) is 12.0 Å². The van der Waals surface area contributed by atoms with Gasteiger partial charge in [-0.3, -0.25) is 9.59 Å². The molecule has 100 valence electrons. The summed E-state index contributed by atoms with van der Waals surface area (Å²) in [4.78, 5) is 38.2. The zero-order valence-corrected chi connectivity index (χ0v) is 10.6. The number of esters is 1. The standard InChI is InChI=1S/C12H18N2O4/c1-18-12(17)9-4-2-7-14(9)11(16)8-13-6-3-5-10(13)15/h9H,2-8H2,1H3. The van der Waals surface area contributed by atoms with Gasteiger partial charge in [-0.05, 0) is 19.3 Å². The van der Waals surface area contributed by atoms with Gasteiger partial charge in [-0.15, -0.1) is 0 Å². The third-order valence-electron chi connectivity index (χ3n) is 3.54. The summed E-state index contributed by atoms with van der Waals surface area (Å²) in [7, 11) is 1.33. The van der Waals surface area contributed by atoms with Crippen LogP contribution in [-0.4, -0.2) is 60.4 Å². The lowest BCUT2D eigenvalue weighted by Gasteiger charge is -2.25. The lowest BCUT2D eigenvalue weighted by Crippen LogP contribution is -2.46. The number of ether oxygens (including phenoxy) is 1. The zero-order chi connectivity index (χ0) is 13.1. The van der Waals surface area contributed by atoms with Crippen molar-refractivity contribution in [3.63, 3.8) is 0 Å². The van der Waals surface area contributed by atoms with Crippen molar-refractivity contribution in [2.45, 2.75) is 31.7 Å². The fraction of sp³-hybridized carbons (Fsp3) is 0.750. The van der Waals surface area contributed by atoms with Crippen LogP contribution in [0.1, 0.15) is 25.7 Å². The van der Waals surface area contributed by atoms with Crippen LogP contribution in [0.4, 0.5) is 0 Å². The molecule has 2 saturated heterocycles. The summed E-state index contributed by atoms with van der Waals surface area (Å²) in [5.74, 6) is -0.496. The molecule has 0 spiro atoms. The lowest BCUT2D eigenvalue weighted by molar-refractivity contribution is -0.151. The monoisotopic (exact) mass is 254 g/mol. The van der Waals surface area contributed by atoms with Gasteiger partial charge in [-0.1, -0.05) is 0 Å². The SMILES string of the molecule is COC(=O)C1CCCN1C(=O)CN1CCCC1=O. The Morgan fingerprint density at radius 3 is 2.72 bits per heavy atom. The third kappa shape index (κ3) is 2.47. The molecule has 18 heavy (non-hydrogen) atoms. The molecule has 0 N–H and O–H groups in total. The van der Waals surface area contributed by atoms with Crippen molar-refractivity contribution in [1.82, 2.24) is 9.80 Å². The minimum Gasteiger partial charge on any atom is -0.467 e. The van der Waals surface area contributed by atoms with Crippen molar-refractivity contribution in [2.75, 3.05) is 26.7 Å². The second-order valence-electron chi connectivity index (χ2n) is 4.69. The highest BCUT2D eigenvalue weighted by Crippen LogP contribution is 2.19. The molecule has 6 nitrogen and oxygen atoms in total. The first-order valence-electron chi connectivity index (χ1n) is 6.28. The summed E-state index contributed by atoms with van der Waals surface area (Å²) >= 11 is 0. The molecule has 0 aliphatic carbocycles. The molecule has 0 aromatic rings. The molecule has 0 bridgehead atoms. The fourth-order valence-corrected chi connectivity index (χ4v) is 2.57. The van der Waals surface area contributed by atoms with E-state index in [1.54, 1.807) is 4.90 Å². The van der Waals surface area contributed by atoms with Crippen LogP contribution in [0.2, 0.25) is 0 Å². The average Bonchev–Trinajstić information content (AvgIpc) is 2.98. The average molecular weight is 254 g/mol. The van der Waals surface area contributed by atoms with Crippen molar-refractivity contribution in [3.8, 4) is 0 Å². The molecular weight excluding hydrogens is 236 g/mol. The highest BCUT2D eigenvalue weighted by atomic mass is 16.5. The Morgan fingerprint density at radius 2 is 2.11 bits per heavy atom. The van der Waals surface area contributed by atoms with E-state index in [0.29, 0.717) is 25.9 Å². The molecule has 0 saturated carbocycles. The maximum absolute atomic E-state index is 12.1. The molecule has 2 heterocycles. The van der Waals surface area contributed by atoms with Gasteiger partial charge in [0.2, 0.25) is 11.8 Å². The molecule has 0 aromatic carbocycles. The van der Waals surface area contributed by atoms with E-state index in [4.69, 9.17) is 4.74 Å². The van der Waals surface area contributed by atoms with E-state index >= 15 is 0 Å². The number of nitrogens with zero attached hydrogens (tertiary/aromatic N) is 2. The van der Waals surface area contributed by atoms with Crippen LogP contribution in [-0.2, 0) is 19.1 Å². The smallest absolute Gasteiger partial charge is 0.328 e. The Bertz CT molecular complexity index is 369. The summed E-state index contributed by atoms with van der Waals surface area (Å²) in [6, 6.07) is -0.472. The summed E-state index contributed by atoms with van der Waals surface area (Å²) < 4.78 is 4.69. The van der Waals surface area contributed by atoms with Gasteiger partial charge < -0.3 is 14.5 Å². The van der Waals surface area contributed by atoms with E-state index in [0.717, 1.165) is 12.8 Å². The molecule has 2 rings (SSSR count). The maximum atomic E-state index is 12.1. The molecule has 2 amide bonds. The molecule has 6 heteroatoms. The Balaban J connectivity index is 1.95. The normalized spacial score (nSPS) is 23.6. The van der Waals surface area contributed by atoms with Gasteiger partial charge >= 0.3 is 5.97 Å². The van der Waals surface area contributed by atoms with E-state index < -0.39 is 6.04 Å². The van der Waals surface area contributed by atoms with Gasteiger partial charge in [0.05, 0.1) is 13.7 Å². The van der Waals surface area contributed by atoms with Gasteiger partial charge in [0.15, 0.2) is 0 Å². The lowest BCUT2D eigenvalue weighted by atomic mass is 10.2. The van der Waals surface area contributed by atoms with Crippen molar-refractivity contribution in [1.29, 1.82) is 0 Å². The number of rotatable bonds is 3. The molecule has 0 aromatic heterocycles. The summed E-state index contributed by atoms with van der Waals surface area (Å²) in [6.45, 7) is 1.30.